The number of aromatic nitrogens is 2. The average Bonchev–Trinajstić information content (AvgIpc) is 3.17. The Kier molecular flexibility index (Phi) is 6.64. The van der Waals surface area contributed by atoms with Crippen LogP contribution in [0, 0.1) is 5.82 Å². The second-order valence-electron chi connectivity index (χ2n) is 7.83. The molecule has 3 rings (SSSR count). The quantitative estimate of drug-likeness (QED) is 0.618. The standard InChI is InChI=1S/C22H23FN4O4/c1-22(2,3)30-21(29)25-18(12-14-4-6-16(23)7-5-14)20(28)26-19-13-17(27-31-19)15-8-10-24-11-9-15/h4-11,13,18H,12H2,1-3H3,(H,25,29)(H,26,28). The molecule has 0 aliphatic heterocycles. The Balaban J connectivity index is 1.74. The van der Waals surface area contributed by atoms with Gasteiger partial charge in [0.25, 0.3) is 0 Å². The first-order valence-corrected chi connectivity index (χ1v) is 9.61. The van der Waals surface area contributed by atoms with Gasteiger partial charge in [-0.05, 0) is 50.6 Å². The Morgan fingerprint density at radius 3 is 2.45 bits per heavy atom. The normalized spacial score (nSPS) is 12.1. The molecule has 0 aliphatic carbocycles. The lowest BCUT2D eigenvalue weighted by Crippen LogP contribution is -2.47. The Labute approximate surface area is 178 Å². The van der Waals surface area contributed by atoms with Crippen LogP contribution >= 0.6 is 0 Å². The van der Waals surface area contributed by atoms with Crippen molar-refractivity contribution < 1.29 is 23.2 Å². The van der Waals surface area contributed by atoms with Gasteiger partial charge >= 0.3 is 6.09 Å². The number of benzene rings is 1. The number of amides is 2. The molecule has 2 heterocycles. The molecule has 2 N–H and O–H groups in total. The molecule has 0 aliphatic rings. The first-order chi connectivity index (χ1) is 14.7. The largest absolute Gasteiger partial charge is 0.444 e. The fraction of sp³-hybridized carbons (Fsp3) is 0.273. The maximum absolute atomic E-state index is 13.2. The van der Waals surface area contributed by atoms with Gasteiger partial charge in [-0.25, -0.2) is 9.18 Å². The SMILES string of the molecule is CC(C)(C)OC(=O)NC(Cc1ccc(F)cc1)C(=O)Nc1cc(-c2ccncc2)no1. The summed E-state index contributed by atoms with van der Waals surface area (Å²) in [5.41, 5.74) is 1.22. The summed E-state index contributed by atoms with van der Waals surface area (Å²) in [5, 5.41) is 9.09. The summed E-state index contributed by atoms with van der Waals surface area (Å²) in [5.74, 6) is -0.810. The third kappa shape index (κ3) is 6.63. The molecular formula is C22H23FN4O4. The number of anilines is 1. The lowest BCUT2D eigenvalue weighted by atomic mass is 10.1. The van der Waals surface area contributed by atoms with Crippen LogP contribution in [0.4, 0.5) is 15.1 Å². The average molecular weight is 426 g/mol. The van der Waals surface area contributed by atoms with Crippen molar-refractivity contribution in [2.24, 2.45) is 0 Å². The van der Waals surface area contributed by atoms with Gasteiger partial charge in [0.1, 0.15) is 23.2 Å². The van der Waals surface area contributed by atoms with Gasteiger partial charge in [-0.2, -0.15) is 0 Å². The highest BCUT2D eigenvalue weighted by Crippen LogP contribution is 2.21. The van der Waals surface area contributed by atoms with Gasteiger partial charge in [-0.3, -0.25) is 15.1 Å². The van der Waals surface area contributed by atoms with Crippen LogP contribution in [0.5, 0.6) is 0 Å². The predicted molar refractivity (Wildman–Crippen MR) is 112 cm³/mol. The summed E-state index contributed by atoms with van der Waals surface area (Å²) < 4.78 is 23.7. The van der Waals surface area contributed by atoms with Crippen molar-refractivity contribution in [3.8, 4) is 11.3 Å². The molecular weight excluding hydrogens is 403 g/mol. The molecule has 0 bridgehead atoms. The van der Waals surface area contributed by atoms with Crippen LogP contribution in [0.2, 0.25) is 0 Å². The Morgan fingerprint density at radius 2 is 1.81 bits per heavy atom. The minimum absolute atomic E-state index is 0.118. The van der Waals surface area contributed by atoms with Gasteiger partial charge in [0.05, 0.1) is 0 Å². The van der Waals surface area contributed by atoms with Crippen LogP contribution in [0.3, 0.4) is 0 Å². The van der Waals surface area contributed by atoms with E-state index in [0.29, 0.717) is 11.3 Å². The summed E-state index contributed by atoms with van der Waals surface area (Å²) in [6.45, 7) is 5.16. The molecule has 2 aromatic heterocycles. The molecule has 8 nitrogen and oxygen atoms in total. The van der Waals surface area contributed by atoms with Crippen molar-refractivity contribution in [1.29, 1.82) is 0 Å². The lowest BCUT2D eigenvalue weighted by molar-refractivity contribution is -0.118. The van der Waals surface area contributed by atoms with Crippen LogP contribution in [0.25, 0.3) is 11.3 Å². The molecule has 31 heavy (non-hydrogen) atoms. The molecule has 2 amide bonds. The van der Waals surface area contributed by atoms with Crippen molar-refractivity contribution in [2.75, 3.05) is 5.32 Å². The van der Waals surface area contributed by atoms with Gasteiger partial charge in [0.2, 0.25) is 11.8 Å². The number of nitrogens with zero attached hydrogens (tertiary/aromatic N) is 2. The second kappa shape index (κ2) is 9.38. The summed E-state index contributed by atoms with van der Waals surface area (Å²) in [7, 11) is 0. The topological polar surface area (TPSA) is 106 Å². The van der Waals surface area contributed by atoms with E-state index in [1.54, 1.807) is 63.5 Å². The first kappa shape index (κ1) is 21.9. The highest BCUT2D eigenvalue weighted by Gasteiger charge is 2.26. The summed E-state index contributed by atoms with van der Waals surface area (Å²) >= 11 is 0. The number of hydrogen-bond acceptors (Lipinski definition) is 6. The zero-order chi connectivity index (χ0) is 22.4. The number of hydrogen-bond donors (Lipinski definition) is 2. The van der Waals surface area contributed by atoms with Crippen molar-refractivity contribution in [3.05, 3.63) is 66.2 Å². The van der Waals surface area contributed by atoms with E-state index in [2.05, 4.69) is 20.8 Å². The predicted octanol–water partition coefficient (Wildman–Crippen LogP) is 3.95. The molecule has 0 spiro atoms. The Morgan fingerprint density at radius 1 is 1.13 bits per heavy atom. The third-order valence-electron chi connectivity index (χ3n) is 4.09. The molecule has 1 unspecified atom stereocenters. The smallest absolute Gasteiger partial charge is 0.408 e. The van der Waals surface area contributed by atoms with Crippen LogP contribution in [-0.2, 0) is 16.0 Å². The molecule has 0 saturated heterocycles. The summed E-state index contributed by atoms with van der Waals surface area (Å²) in [6.07, 6.45) is 2.61. The van der Waals surface area contributed by atoms with Gasteiger partial charge < -0.3 is 14.6 Å². The molecule has 1 atom stereocenters. The first-order valence-electron chi connectivity index (χ1n) is 9.61. The van der Waals surface area contributed by atoms with Crippen LogP contribution < -0.4 is 10.6 Å². The Bertz CT molecular complexity index is 1030. The molecule has 1 aromatic carbocycles. The number of alkyl carbamates (subject to hydrolysis) is 1. The number of ether oxygens (including phenoxy) is 1. The van der Waals surface area contributed by atoms with Crippen LogP contribution in [-0.4, -0.2) is 33.8 Å². The number of pyridine rings is 1. The number of rotatable bonds is 6. The molecule has 3 aromatic rings. The lowest BCUT2D eigenvalue weighted by Gasteiger charge is -2.23. The van der Waals surface area contributed by atoms with Gasteiger partial charge in [0.15, 0.2) is 0 Å². The summed E-state index contributed by atoms with van der Waals surface area (Å²) in [4.78, 5) is 29.1. The zero-order valence-electron chi connectivity index (χ0n) is 17.4. The highest BCUT2D eigenvalue weighted by atomic mass is 19.1. The van der Waals surface area contributed by atoms with Crippen LogP contribution in [0.1, 0.15) is 26.3 Å². The van der Waals surface area contributed by atoms with Gasteiger partial charge in [0, 0.05) is 30.4 Å². The van der Waals surface area contributed by atoms with E-state index in [1.807, 2.05) is 0 Å². The maximum Gasteiger partial charge on any atom is 0.408 e. The molecule has 162 valence electrons. The van der Waals surface area contributed by atoms with E-state index in [9.17, 15) is 14.0 Å². The van der Waals surface area contributed by atoms with E-state index in [-0.39, 0.29) is 12.3 Å². The van der Waals surface area contributed by atoms with Crippen molar-refractivity contribution in [1.82, 2.24) is 15.5 Å². The number of carbonyl (C=O) groups is 2. The molecule has 0 saturated carbocycles. The van der Waals surface area contributed by atoms with E-state index >= 15 is 0 Å². The highest BCUT2D eigenvalue weighted by molar-refractivity contribution is 5.96. The fourth-order valence-corrected chi connectivity index (χ4v) is 2.72. The van der Waals surface area contributed by atoms with Crippen molar-refractivity contribution in [3.63, 3.8) is 0 Å². The number of halogens is 1. The van der Waals surface area contributed by atoms with Crippen LogP contribution in [0.15, 0.2) is 59.4 Å². The molecule has 0 radical (unpaired) electrons. The maximum atomic E-state index is 13.2. The molecule has 9 heteroatoms. The van der Waals surface area contributed by atoms with Crippen molar-refractivity contribution >= 4 is 17.9 Å². The van der Waals surface area contributed by atoms with Gasteiger partial charge in [-0.1, -0.05) is 17.3 Å². The fourth-order valence-electron chi connectivity index (χ4n) is 2.72. The summed E-state index contributed by atoms with van der Waals surface area (Å²) in [6, 6.07) is 9.75. The molecule has 0 fully saturated rings. The monoisotopic (exact) mass is 426 g/mol. The number of nitrogens with one attached hydrogen (secondary N) is 2. The second-order valence-corrected chi connectivity index (χ2v) is 7.83. The van der Waals surface area contributed by atoms with E-state index in [0.717, 1.165) is 5.56 Å². The minimum atomic E-state index is -0.991. The Hall–Kier alpha value is -3.75. The van der Waals surface area contributed by atoms with E-state index < -0.39 is 29.5 Å². The van der Waals surface area contributed by atoms with Gasteiger partial charge in [-0.15, -0.1) is 0 Å². The minimum Gasteiger partial charge on any atom is -0.444 e. The van der Waals surface area contributed by atoms with E-state index in [1.165, 1.54) is 12.1 Å². The van der Waals surface area contributed by atoms with Crippen molar-refractivity contribution in [2.45, 2.75) is 38.8 Å². The zero-order valence-corrected chi connectivity index (χ0v) is 17.4. The van der Waals surface area contributed by atoms with E-state index in [4.69, 9.17) is 9.26 Å². The third-order valence-corrected chi connectivity index (χ3v) is 4.09. The number of carbonyl (C=O) groups excluding carboxylic acids is 2.